The third-order valence-corrected chi connectivity index (χ3v) is 4.50. The summed E-state index contributed by atoms with van der Waals surface area (Å²) in [5.41, 5.74) is 2.16. The molecule has 0 unspecified atom stereocenters. The molecule has 1 amide bonds. The van der Waals surface area contributed by atoms with E-state index in [4.69, 9.17) is 0 Å². The lowest BCUT2D eigenvalue weighted by Gasteiger charge is -2.32. The minimum Gasteiger partial charge on any atom is -0.326 e. The first-order valence-corrected chi connectivity index (χ1v) is 8.27. The summed E-state index contributed by atoms with van der Waals surface area (Å²) < 4.78 is 1.97. The zero-order valence-corrected chi connectivity index (χ0v) is 13.6. The van der Waals surface area contributed by atoms with Crippen LogP contribution in [0.2, 0.25) is 0 Å². The highest BCUT2D eigenvalue weighted by atomic mass is 16.1. The second-order valence-electron chi connectivity index (χ2n) is 6.18. The van der Waals surface area contributed by atoms with Crippen molar-refractivity contribution < 1.29 is 4.79 Å². The van der Waals surface area contributed by atoms with Gasteiger partial charge in [0.2, 0.25) is 5.91 Å². The molecule has 1 aromatic carbocycles. The Morgan fingerprint density at radius 1 is 1.30 bits per heavy atom. The monoisotopic (exact) mass is 312 g/mol. The zero-order chi connectivity index (χ0) is 16.1. The Balaban J connectivity index is 1.48. The third kappa shape index (κ3) is 4.20. The van der Waals surface area contributed by atoms with Crippen LogP contribution in [0.5, 0.6) is 0 Å². The summed E-state index contributed by atoms with van der Waals surface area (Å²) >= 11 is 0. The summed E-state index contributed by atoms with van der Waals surface area (Å²) in [5.74, 6) is 0.604. The van der Waals surface area contributed by atoms with Gasteiger partial charge in [-0.3, -0.25) is 9.48 Å². The molecular formula is C18H24N4O. The van der Waals surface area contributed by atoms with E-state index in [-0.39, 0.29) is 5.91 Å². The van der Waals surface area contributed by atoms with Crippen molar-refractivity contribution in [3.8, 4) is 0 Å². The number of hydrogen-bond donors (Lipinski definition) is 1. The number of amides is 1. The van der Waals surface area contributed by atoms with Gasteiger partial charge in [-0.25, -0.2) is 0 Å². The van der Waals surface area contributed by atoms with Crippen LogP contribution in [0.15, 0.2) is 42.6 Å². The molecule has 0 spiro atoms. The normalized spacial score (nSPS) is 18.7. The van der Waals surface area contributed by atoms with Gasteiger partial charge in [0.1, 0.15) is 0 Å². The van der Waals surface area contributed by atoms with Gasteiger partial charge in [-0.15, -0.1) is 0 Å². The minimum atomic E-state index is 0.0823. The fraction of sp³-hybridized carbons (Fsp3) is 0.444. The number of carbonyl (C=O) groups is 1. The van der Waals surface area contributed by atoms with Crippen LogP contribution in [0.3, 0.4) is 0 Å². The van der Waals surface area contributed by atoms with Crippen LogP contribution >= 0.6 is 0 Å². The molecule has 2 heterocycles. The van der Waals surface area contributed by atoms with Gasteiger partial charge in [-0.1, -0.05) is 18.2 Å². The molecule has 1 aliphatic rings. The van der Waals surface area contributed by atoms with E-state index in [1.165, 1.54) is 18.5 Å². The molecule has 1 atom stereocenters. The number of piperidine rings is 1. The van der Waals surface area contributed by atoms with Crippen molar-refractivity contribution in [3.05, 3.63) is 48.3 Å². The molecule has 5 nitrogen and oxygen atoms in total. The number of benzene rings is 1. The van der Waals surface area contributed by atoms with E-state index >= 15 is 0 Å². The van der Waals surface area contributed by atoms with Gasteiger partial charge in [0.05, 0.1) is 0 Å². The predicted octanol–water partition coefficient (Wildman–Crippen LogP) is 2.63. The summed E-state index contributed by atoms with van der Waals surface area (Å²) in [6, 6.07) is 11.7. The molecule has 23 heavy (non-hydrogen) atoms. The fourth-order valence-electron chi connectivity index (χ4n) is 3.29. The smallest absolute Gasteiger partial charge is 0.225 e. The van der Waals surface area contributed by atoms with Crippen molar-refractivity contribution in [1.82, 2.24) is 14.7 Å². The summed E-state index contributed by atoms with van der Waals surface area (Å²) in [5, 5.41) is 7.22. The van der Waals surface area contributed by atoms with Crippen molar-refractivity contribution >= 4 is 11.6 Å². The Kier molecular flexibility index (Phi) is 5.08. The van der Waals surface area contributed by atoms with Crippen LogP contribution in [0.25, 0.3) is 0 Å². The molecular weight excluding hydrogens is 288 g/mol. The first-order valence-electron chi connectivity index (χ1n) is 8.27. The molecule has 1 aromatic heterocycles. The number of hydrogen-bond acceptors (Lipinski definition) is 3. The van der Waals surface area contributed by atoms with Gasteiger partial charge in [0.15, 0.2) is 0 Å². The minimum absolute atomic E-state index is 0.0823. The maximum absolute atomic E-state index is 12.1. The lowest BCUT2D eigenvalue weighted by Crippen LogP contribution is -2.37. The number of anilines is 1. The topological polar surface area (TPSA) is 50.2 Å². The summed E-state index contributed by atoms with van der Waals surface area (Å²) in [6.07, 6.45) is 4.77. The maximum atomic E-state index is 12.1. The highest BCUT2D eigenvalue weighted by Crippen LogP contribution is 2.26. The summed E-state index contributed by atoms with van der Waals surface area (Å²) in [4.78, 5) is 14.5. The molecule has 1 saturated heterocycles. The molecule has 0 aliphatic carbocycles. The van der Waals surface area contributed by atoms with E-state index in [0.29, 0.717) is 12.3 Å². The standard InChI is InChI=1S/C18H24N4O/c1-21-17(9-11-19-21)15-6-5-12-22(14-15)13-10-18(23)20-16-7-3-2-4-8-16/h2-4,7-9,11,15H,5-6,10,12-14H2,1H3,(H,20,23)/t15-/m0/s1. The average molecular weight is 312 g/mol. The van der Waals surface area contributed by atoms with Crippen molar-refractivity contribution in [2.75, 3.05) is 25.0 Å². The maximum Gasteiger partial charge on any atom is 0.225 e. The molecule has 1 aliphatic heterocycles. The molecule has 2 aromatic rings. The van der Waals surface area contributed by atoms with Crippen LogP contribution in [0.1, 0.15) is 30.9 Å². The lowest BCUT2D eigenvalue weighted by atomic mass is 9.94. The largest absolute Gasteiger partial charge is 0.326 e. The number of likely N-dealkylation sites (tertiary alicyclic amines) is 1. The van der Waals surface area contributed by atoms with Gasteiger partial charge < -0.3 is 10.2 Å². The number of nitrogens with one attached hydrogen (secondary N) is 1. The van der Waals surface area contributed by atoms with Gasteiger partial charge in [-0.05, 0) is 37.6 Å². The predicted molar refractivity (Wildman–Crippen MR) is 91.3 cm³/mol. The van der Waals surface area contributed by atoms with Crippen molar-refractivity contribution in [3.63, 3.8) is 0 Å². The van der Waals surface area contributed by atoms with Crippen LogP contribution in [0, 0.1) is 0 Å². The Hall–Kier alpha value is -2.14. The molecule has 0 radical (unpaired) electrons. The van der Waals surface area contributed by atoms with E-state index < -0.39 is 0 Å². The van der Waals surface area contributed by atoms with Crippen molar-refractivity contribution in [1.29, 1.82) is 0 Å². The highest BCUT2D eigenvalue weighted by Gasteiger charge is 2.23. The molecule has 1 fully saturated rings. The molecule has 0 bridgehead atoms. The second-order valence-corrected chi connectivity index (χ2v) is 6.18. The summed E-state index contributed by atoms with van der Waals surface area (Å²) in [6.45, 7) is 2.90. The van der Waals surface area contributed by atoms with Crippen molar-refractivity contribution in [2.45, 2.75) is 25.2 Å². The molecule has 5 heteroatoms. The van der Waals surface area contributed by atoms with E-state index in [0.717, 1.165) is 25.3 Å². The van der Waals surface area contributed by atoms with Gasteiger partial charge in [0.25, 0.3) is 0 Å². The van der Waals surface area contributed by atoms with Gasteiger partial charge in [0, 0.05) is 50.1 Å². The SMILES string of the molecule is Cn1nccc1[C@H]1CCCN(CCC(=O)Nc2ccccc2)C1. The zero-order valence-electron chi connectivity index (χ0n) is 13.6. The average Bonchev–Trinajstić information content (AvgIpc) is 3.00. The first-order chi connectivity index (χ1) is 11.2. The van der Waals surface area contributed by atoms with Crippen LogP contribution in [-0.2, 0) is 11.8 Å². The van der Waals surface area contributed by atoms with E-state index in [1.54, 1.807) is 0 Å². The quantitative estimate of drug-likeness (QED) is 0.923. The number of para-hydroxylation sites is 1. The number of carbonyl (C=O) groups excluding carboxylic acids is 1. The number of aromatic nitrogens is 2. The summed E-state index contributed by atoms with van der Waals surface area (Å²) in [7, 11) is 2.00. The lowest BCUT2D eigenvalue weighted by molar-refractivity contribution is -0.116. The van der Waals surface area contributed by atoms with E-state index in [9.17, 15) is 4.79 Å². The first kappa shape index (κ1) is 15.7. The third-order valence-electron chi connectivity index (χ3n) is 4.50. The van der Waals surface area contributed by atoms with Gasteiger partial charge >= 0.3 is 0 Å². The second kappa shape index (κ2) is 7.42. The highest BCUT2D eigenvalue weighted by molar-refractivity contribution is 5.90. The number of nitrogens with zero attached hydrogens (tertiary/aromatic N) is 3. The van der Waals surface area contributed by atoms with E-state index in [2.05, 4.69) is 21.4 Å². The van der Waals surface area contributed by atoms with Gasteiger partial charge in [-0.2, -0.15) is 5.10 Å². The molecule has 122 valence electrons. The Bertz CT molecular complexity index is 637. The van der Waals surface area contributed by atoms with Crippen LogP contribution < -0.4 is 5.32 Å². The molecule has 0 saturated carbocycles. The molecule has 1 N–H and O–H groups in total. The Labute approximate surface area is 137 Å². The fourth-order valence-corrected chi connectivity index (χ4v) is 3.29. The molecule has 3 rings (SSSR count). The Morgan fingerprint density at radius 3 is 2.87 bits per heavy atom. The van der Waals surface area contributed by atoms with Crippen LogP contribution in [-0.4, -0.2) is 40.2 Å². The van der Waals surface area contributed by atoms with E-state index in [1.807, 2.05) is 48.3 Å². The van der Waals surface area contributed by atoms with Crippen LogP contribution in [0.4, 0.5) is 5.69 Å². The number of aryl methyl sites for hydroxylation is 1. The Morgan fingerprint density at radius 2 is 2.13 bits per heavy atom. The van der Waals surface area contributed by atoms with Crippen molar-refractivity contribution in [2.24, 2.45) is 7.05 Å². The number of rotatable bonds is 5.